The summed E-state index contributed by atoms with van der Waals surface area (Å²) in [7, 11) is 0. The van der Waals surface area contributed by atoms with Crippen LogP contribution in [0.1, 0.15) is 15.9 Å². The highest BCUT2D eigenvalue weighted by atomic mass is 32.2. The lowest BCUT2D eigenvalue weighted by Gasteiger charge is -2.30. The lowest BCUT2D eigenvalue weighted by molar-refractivity contribution is -0.115. The van der Waals surface area contributed by atoms with E-state index in [1.165, 1.54) is 11.8 Å². The molecular weight excluding hydrogens is 412 g/mol. The van der Waals surface area contributed by atoms with Crippen molar-refractivity contribution in [3.05, 3.63) is 52.4 Å². The SMILES string of the molecule is O=C1NC(=S)S/C1=C\c1ccc2c(c1)N(C(=O)c1ccc3nonc3c1)CCO2. The third-order valence-electron chi connectivity index (χ3n) is 4.53. The van der Waals surface area contributed by atoms with Gasteiger partial charge in [-0.1, -0.05) is 30.0 Å². The molecule has 3 aromatic rings. The molecule has 0 spiro atoms. The van der Waals surface area contributed by atoms with E-state index in [2.05, 4.69) is 15.6 Å². The Morgan fingerprint density at radius 3 is 2.90 bits per heavy atom. The molecule has 0 aliphatic carbocycles. The van der Waals surface area contributed by atoms with Crippen molar-refractivity contribution in [2.24, 2.45) is 0 Å². The zero-order valence-corrected chi connectivity index (χ0v) is 16.4. The summed E-state index contributed by atoms with van der Waals surface area (Å²) in [4.78, 5) is 27.3. The standard InChI is InChI=1S/C19H12N4O4S2/c24-17-16(29-19(28)20-17)8-10-1-4-15-14(7-10)23(5-6-26-15)18(25)11-2-3-12-13(9-11)22-27-21-12/h1-4,7-9H,5-6H2,(H,20,24,28)/b16-8-. The summed E-state index contributed by atoms with van der Waals surface area (Å²) in [6, 6.07) is 10.5. The number of hydrogen-bond acceptors (Lipinski definition) is 8. The number of amides is 2. The molecule has 0 unspecified atom stereocenters. The number of aromatic nitrogens is 2. The molecule has 144 valence electrons. The van der Waals surface area contributed by atoms with Gasteiger partial charge in [0, 0.05) is 5.56 Å². The van der Waals surface area contributed by atoms with Gasteiger partial charge in [-0.05, 0) is 52.3 Å². The Balaban J connectivity index is 1.50. The molecule has 0 atom stereocenters. The number of anilines is 1. The Labute approximate surface area is 173 Å². The van der Waals surface area contributed by atoms with Crippen molar-refractivity contribution < 1.29 is 19.0 Å². The molecule has 1 saturated heterocycles. The normalized spacial score (nSPS) is 17.4. The van der Waals surface area contributed by atoms with Crippen molar-refractivity contribution in [2.45, 2.75) is 0 Å². The summed E-state index contributed by atoms with van der Waals surface area (Å²) >= 11 is 6.23. The number of hydrogen-bond donors (Lipinski definition) is 1. The molecule has 2 aliphatic rings. The number of rotatable bonds is 2. The highest BCUT2D eigenvalue weighted by Gasteiger charge is 2.26. The van der Waals surface area contributed by atoms with Crippen molar-refractivity contribution in [3.8, 4) is 5.75 Å². The van der Waals surface area contributed by atoms with Crippen LogP contribution in [0.5, 0.6) is 5.75 Å². The van der Waals surface area contributed by atoms with E-state index in [0.717, 1.165) is 5.56 Å². The second kappa shape index (κ2) is 6.98. The Morgan fingerprint density at radius 1 is 1.21 bits per heavy atom. The first-order chi connectivity index (χ1) is 14.1. The minimum Gasteiger partial charge on any atom is -0.490 e. The first kappa shape index (κ1) is 17.8. The van der Waals surface area contributed by atoms with Crippen LogP contribution in [-0.4, -0.2) is 39.6 Å². The van der Waals surface area contributed by atoms with Gasteiger partial charge >= 0.3 is 0 Å². The zero-order chi connectivity index (χ0) is 20.0. The number of thioether (sulfide) groups is 1. The number of nitrogens with one attached hydrogen (secondary N) is 1. The minimum absolute atomic E-state index is 0.182. The molecule has 3 heterocycles. The molecule has 0 saturated carbocycles. The molecule has 0 bridgehead atoms. The van der Waals surface area contributed by atoms with Gasteiger partial charge in [0.05, 0.1) is 17.1 Å². The maximum Gasteiger partial charge on any atom is 0.263 e. The molecule has 2 aliphatic heterocycles. The summed E-state index contributed by atoms with van der Waals surface area (Å²) in [5, 5.41) is 10.1. The topological polar surface area (TPSA) is 97.6 Å². The predicted octanol–water partition coefficient (Wildman–Crippen LogP) is 2.75. The highest BCUT2D eigenvalue weighted by molar-refractivity contribution is 8.26. The smallest absolute Gasteiger partial charge is 0.263 e. The fourth-order valence-corrected chi connectivity index (χ4v) is 4.22. The number of fused-ring (bicyclic) bond motifs is 2. The molecule has 0 radical (unpaired) electrons. The summed E-state index contributed by atoms with van der Waals surface area (Å²) in [6.07, 6.45) is 1.74. The monoisotopic (exact) mass is 424 g/mol. The van der Waals surface area contributed by atoms with Crippen LogP contribution < -0.4 is 15.0 Å². The number of carbonyl (C=O) groups excluding carboxylic acids is 2. The van der Waals surface area contributed by atoms with Crippen LogP contribution >= 0.6 is 24.0 Å². The van der Waals surface area contributed by atoms with Gasteiger partial charge in [-0.25, -0.2) is 4.63 Å². The minimum atomic E-state index is -0.226. The molecular formula is C19H12N4O4S2. The Bertz CT molecular complexity index is 1220. The van der Waals surface area contributed by atoms with E-state index in [1.807, 2.05) is 12.1 Å². The Kier molecular flexibility index (Phi) is 4.29. The van der Waals surface area contributed by atoms with E-state index in [-0.39, 0.29) is 11.8 Å². The van der Waals surface area contributed by atoms with Crippen molar-refractivity contribution in [2.75, 3.05) is 18.1 Å². The molecule has 29 heavy (non-hydrogen) atoms. The van der Waals surface area contributed by atoms with E-state index < -0.39 is 0 Å². The Morgan fingerprint density at radius 2 is 2.07 bits per heavy atom. The van der Waals surface area contributed by atoms with Gasteiger partial charge in [0.15, 0.2) is 0 Å². The van der Waals surface area contributed by atoms with Gasteiger partial charge in [-0.3, -0.25) is 9.59 Å². The van der Waals surface area contributed by atoms with E-state index in [9.17, 15) is 9.59 Å². The quantitative estimate of drug-likeness (QED) is 0.495. The number of benzene rings is 2. The first-order valence-corrected chi connectivity index (χ1v) is 9.87. The van der Waals surface area contributed by atoms with Gasteiger partial charge < -0.3 is 15.0 Å². The largest absolute Gasteiger partial charge is 0.490 e. The molecule has 1 fully saturated rings. The van der Waals surface area contributed by atoms with Gasteiger partial charge in [-0.15, -0.1) is 0 Å². The predicted molar refractivity (Wildman–Crippen MR) is 112 cm³/mol. The summed E-state index contributed by atoms with van der Waals surface area (Å²) in [6.45, 7) is 0.791. The average molecular weight is 424 g/mol. The van der Waals surface area contributed by atoms with Gasteiger partial charge in [0.1, 0.15) is 27.7 Å². The van der Waals surface area contributed by atoms with E-state index in [0.29, 0.717) is 50.4 Å². The maximum absolute atomic E-state index is 13.2. The molecule has 2 amide bonds. The van der Waals surface area contributed by atoms with Crippen LogP contribution in [0.3, 0.4) is 0 Å². The van der Waals surface area contributed by atoms with Gasteiger partial charge in [-0.2, -0.15) is 0 Å². The van der Waals surface area contributed by atoms with Crippen LogP contribution in [0, 0.1) is 0 Å². The summed E-state index contributed by atoms with van der Waals surface area (Å²) < 4.78 is 10.8. The number of ether oxygens (including phenoxy) is 1. The van der Waals surface area contributed by atoms with E-state index >= 15 is 0 Å². The molecule has 1 N–H and O–H groups in total. The van der Waals surface area contributed by atoms with Gasteiger partial charge in [0.25, 0.3) is 11.8 Å². The Hall–Kier alpha value is -3.24. The maximum atomic E-state index is 13.2. The van der Waals surface area contributed by atoms with Crippen molar-refractivity contribution in [1.82, 2.24) is 15.6 Å². The number of carbonyl (C=O) groups is 2. The first-order valence-electron chi connectivity index (χ1n) is 8.64. The average Bonchev–Trinajstić information content (AvgIpc) is 3.32. The van der Waals surface area contributed by atoms with Crippen LogP contribution in [0.15, 0.2) is 45.9 Å². The van der Waals surface area contributed by atoms with E-state index in [4.69, 9.17) is 21.6 Å². The van der Waals surface area contributed by atoms with E-state index in [1.54, 1.807) is 35.2 Å². The fraction of sp³-hybridized carbons (Fsp3) is 0.105. The number of nitrogens with zero attached hydrogens (tertiary/aromatic N) is 3. The second-order valence-electron chi connectivity index (χ2n) is 6.35. The van der Waals surface area contributed by atoms with Crippen LogP contribution in [-0.2, 0) is 4.79 Å². The van der Waals surface area contributed by atoms with Crippen molar-refractivity contribution >= 4 is 62.9 Å². The summed E-state index contributed by atoms with van der Waals surface area (Å²) in [5.41, 5.74) is 2.98. The summed E-state index contributed by atoms with van der Waals surface area (Å²) in [5.74, 6) is 0.199. The fourth-order valence-electron chi connectivity index (χ4n) is 3.18. The van der Waals surface area contributed by atoms with Crippen LogP contribution in [0.25, 0.3) is 17.1 Å². The van der Waals surface area contributed by atoms with Crippen LogP contribution in [0.2, 0.25) is 0 Å². The van der Waals surface area contributed by atoms with Crippen LogP contribution in [0.4, 0.5) is 5.69 Å². The van der Waals surface area contributed by atoms with Crippen molar-refractivity contribution in [3.63, 3.8) is 0 Å². The zero-order valence-electron chi connectivity index (χ0n) is 14.7. The lowest BCUT2D eigenvalue weighted by atomic mass is 10.1. The second-order valence-corrected chi connectivity index (χ2v) is 8.07. The van der Waals surface area contributed by atoms with Crippen molar-refractivity contribution in [1.29, 1.82) is 0 Å². The molecule has 10 heteroatoms. The third kappa shape index (κ3) is 3.26. The molecule has 5 rings (SSSR count). The molecule has 1 aromatic heterocycles. The number of thiocarbonyl (C=S) groups is 1. The third-order valence-corrected chi connectivity index (χ3v) is 5.69. The lowest BCUT2D eigenvalue weighted by Crippen LogP contribution is -2.38. The highest BCUT2D eigenvalue weighted by Crippen LogP contribution is 2.35. The van der Waals surface area contributed by atoms with Gasteiger partial charge in [0.2, 0.25) is 0 Å². The molecule has 2 aromatic carbocycles. The molecule has 8 nitrogen and oxygen atoms in total.